The maximum absolute atomic E-state index is 12.5. The first-order valence-electron chi connectivity index (χ1n) is 19.8. The molecule has 0 radical (unpaired) electrons. The van der Waals surface area contributed by atoms with Crippen LogP contribution in [-0.4, -0.2) is 15.0 Å². The topological polar surface area (TPSA) is 38.7 Å². The Balaban J connectivity index is 0.000000152. The van der Waals surface area contributed by atoms with Crippen LogP contribution in [0.15, 0.2) is 91.4 Å². The molecule has 13 heteroatoms. The Labute approximate surface area is 362 Å². The Hall–Kier alpha value is -4.87. The van der Waals surface area contributed by atoms with Gasteiger partial charge in [0.2, 0.25) is 0 Å². The number of pyridine rings is 3. The summed E-state index contributed by atoms with van der Waals surface area (Å²) in [5.41, 5.74) is 9.43. The van der Waals surface area contributed by atoms with E-state index in [2.05, 4.69) is 33.2 Å². The van der Waals surface area contributed by atoms with Crippen LogP contribution in [0.5, 0.6) is 0 Å². The van der Waals surface area contributed by atoms with Crippen molar-refractivity contribution in [3.05, 3.63) is 160 Å². The summed E-state index contributed by atoms with van der Waals surface area (Å²) < 4.78 is 112. The van der Waals surface area contributed by atoms with Crippen molar-refractivity contribution in [3.8, 4) is 33.8 Å². The minimum atomic E-state index is -4.34. The van der Waals surface area contributed by atoms with Gasteiger partial charge in [0.25, 0.3) is 0 Å². The minimum absolute atomic E-state index is 0. The first-order valence-corrected chi connectivity index (χ1v) is 19.8. The summed E-state index contributed by atoms with van der Waals surface area (Å²) in [6, 6.07) is 28.7. The Morgan fingerprint density at radius 3 is 0.820 bits per heavy atom. The molecular weight excluding hydrogens is 982 g/mol. The van der Waals surface area contributed by atoms with E-state index in [-0.39, 0.29) is 20.1 Å². The van der Waals surface area contributed by atoms with Crippen LogP contribution in [0.3, 0.4) is 0 Å². The average Bonchev–Trinajstić information content (AvgIpc) is 3.25. The molecular formula is C48H39F9IrN3. The standard InChI is InChI=1S/3C16H13F3N.Ir/c3*17-16(18,19)14-7-8-15(20-10-14)13-6-5-11-3-1-2-4-12(11)9-13;/h3*5,7-10H,1-4H2;/q3*-1;+3. The fourth-order valence-electron chi connectivity index (χ4n) is 7.59. The molecule has 3 aliphatic rings. The van der Waals surface area contributed by atoms with Gasteiger partial charge in [0.1, 0.15) is 0 Å². The van der Waals surface area contributed by atoms with E-state index in [0.29, 0.717) is 17.1 Å². The first-order chi connectivity index (χ1) is 28.6. The molecule has 3 heterocycles. The minimum Gasteiger partial charge on any atom is -0.304 e. The van der Waals surface area contributed by atoms with E-state index in [1.807, 2.05) is 36.4 Å². The fraction of sp³-hybridized carbons (Fsp3) is 0.312. The zero-order chi connectivity index (χ0) is 42.5. The van der Waals surface area contributed by atoms with Gasteiger partial charge in [0, 0.05) is 18.6 Å². The van der Waals surface area contributed by atoms with Gasteiger partial charge in [0.15, 0.2) is 0 Å². The van der Waals surface area contributed by atoms with Gasteiger partial charge in [-0.05, 0) is 36.3 Å². The van der Waals surface area contributed by atoms with Gasteiger partial charge < -0.3 is 15.0 Å². The Morgan fingerprint density at radius 1 is 0.361 bits per heavy atom. The maximum atomic E-state index is 12.5. The molecule has 0 atom stereocenters. The number of alkyl halides is 9. The van der Waals surface area contributed by atoms with Crippen LogP contribution in [-0.2, 0) is 77.2 Å². The average molecular weight is 1020 g/mol. The number of hydrogen-bond donors (Lipinski definition) is 0. The van der Waals surface area contributed by atoms with Gasteiger partial charge in [-0.2, -0.15) is 39.5 Å². The Kier molecular flexibility index (Phi) is 14.6. The third-order valence-corrected chi connectivity index (χ3v) is 10.9. The summed E-state index contributed by atoms with van der Waals surface area (Å²) in [6.45, 7) is 0. The number of aromatic nitrogens is 3. The smallest absolute Gasteiger partial charge is 0.304 e. The van der Waals surface area contributed by atoms with Crippen molar-refractivity contribution < 1.29 is 59.6 Å². The summed E-state index contributed by atoms with van der Waals surface area (Å²) in [6.07, 6.45) is 2.94. The zero-order valence-corrected chi connectivity index (χ0v) is 35.1. The summed E-state index contributed by atoms with van der Waals surface area (Å²) in [7, 11) is 0. The fourth-order valence-corrected chi connectivity index (χ4v) is 7.59. The Morgan fingerprint density at radius 2 is 0.607 bits per heavy atom. The number of aryl methyl sites for hydroxylation is 6. The second-order valence-corrected chi connectivity index (χ2v) is 15.1. The van der Waals surface area contributed by atoms with E-state index in [0.717, 1.165) is 111 Å². The van der Waals surface area contributed by atoms with Crippen molar-refractivity contribution in [3.63, 3.8) is 0 Å². The monoisotopic (exact) mass is 1020 g/mol. The van der Waals surface area contributed by atoms with Gasteiger partial charge >= 0.3 is 38.6 Å². The van der Waals surface area contributed by atoms with E-state index in [9.17, 15) is 39.5 Å². The molecule has 318 valence electrons. The van der Waals surface area contributed by atoms with Crippen LogP contribution in [0, 0.1) is 18.2 Å². The summed E-state index contributed by atoms with van der Waals surface area (Å²) in [5, 5.41) is 0. The molecule has 0 saturated heterocycles. The van der Waals surface area contributed by atoms with E-state index in [1.54, 1.807) is 0 Å². The normalized spacial score (nSPS) is 14.7. The number of fused-ring (bicyclic) bond motifs is 3. The molecule has 0 saturated carbocycles. The van der Waals surface area contributed by atoms with Gasteiger partial charge in [-0.1, -0.05) is 94.2 Å². The van der Waals surface area contributed by atoms with Crippen molar-refractivity contribution in [2.45, 2.75) is 95.6 Å². The quantitative estimate of drug-likeness (QED) is 0.131. The van der Waals surface area contributed by atoms with Crippen molar-refractivity contribution in [1.82, 2.24) is 15.0 Å². The van der Waals surface area contributed by atoms with Crippen molar-refractivity contribution in [2.24, 2.45) is 0 Å². The molecule has 6 aromatic rings. The molecule has 0 fully saturated rings. The molecule has 0 unspecified atom stereocenters. The molecule has 0 spiro atoms. The largest absolute Gasteiger partial charge is 3.00 e. The third-order valence-electron chi connectivity index (χ3n) is 10.9. The van der Waals surface area contributed by atoms with Crippen LogP contribution in [0.1, 0.15) is 88.6 Å². The molecule has 3 nitrogen and oxygen atoms in total. The molecule has 3 aromatic carbocycles. The predicted octanol–water partition coefficient (Wildman–Crippen LogP) is 13.3. The van der Waals surface area contributed by atoms with E-state index >= 15 is 0 Å². The molecule has 0 amide bonds. The third kappa shape index (κ3) is 11.7. The van der Waals surface area contributed by atoms with Crippen molar-refractivity contribution in [1.29, 1.82) is 0 Å². The number of hydrogen-bond acceptors (Lipinski definition) is 3. The van der Waals surface area contributed by atoms with E-state index in [4.69, 9.17) is 0 Å². The van der Waals surface area contributed by atoms with Gasteiger partial charge in [0.05, 0.1) is 16.7 Å². The molecule has 0 bridgehead atoms. The second kappa shape index (κ2) is 19.5. The molecule has 9 rings (SSSR count). The summed E-state index contributed by atoms with van der Waals surface area (Å²) >= 11 is 0. The van der Waals surface area contributed by atoms with Crippen LogP contribution in [0.2, 0.25) is 0 Å². The van der Waals surface area contributed by atoms with Gasteiger partial charge in [-0.25, -0.2) is 0 Å². The summed E-state index contributed by atoms with van der Waals surface area (Å²) in [5.74, 6) is 0. The van der Waals surface area contributed by atoms with E-state index in [1.165, 1.54) is 70.8 Å². The number of benzene rings is 3. The van der Waals surface area contributed by atoms with Crippen molar-refractivity contribution >= 4 is 0 Å². The van der Waals surface area contributed by atoms with Crippen LogP contribution in [0.25, 0.3) is 33.8 Å². The summed E-state index contributed by atoms with van der Waals surface area (Å²) in [4.78, 5) is 11.7. The SMILES string of the molecule is FC(F)(F)c1ccc(-c2[c-]cc3c(c2)CCCC3)nc1.FC(F)(F)c1ccc(-c2[c-]cc3c(c2)CCCC3)nc1.FC(F)(F)c1ccc(-c2[c-]cc3c(c2)CCCC3)nc1.[Ir+3]. The molecule has 61 heavy (non-hydrogen) atoms. The molecule has 0 aliphatic heterocycles. The molecule has 3 aromatic heterocycles. The maximum Gasteiger partial charge on any atom is 3.00 e. The molecule has 3 aliphatic carbocycles. The van der Waals surface area contributed by atoms with Crippen LogP contribution < -0.4 is 0 Å². The first kappa shape index (κ1) is 45.7. The van der Waals surface area contributed by atoms with Gasteiger partial charge in [-0.3, -0.25) is 0 Å². The predicted molar refractivity (Wildman–Crippen MR) is 210 cm³/mol. The Bertz CT molecular complexity index is 2120. The van der Waals surface area contributed by atoms with Crippen molar-refractivity contribution in [2.75, 3.05) is 0 Å². The van der Waals surface area contributed by atoms with Crippen LogP contribution in [0.4, 0.5) is 39.5 Å². The number of halogens is 9. The van der Waals surface area contributed by atoms with Gasteiger partial charge in [-0.15, -0.1) is 105 Å². The number of rotatable bonds is 3. The van der Waals surface area contributed by atoms with Crippen LogP contribution >= 0.6 is 0 Å². The number of nitrogens with zero attached hydrogens (tertiary/aromatic N) is 3. The second-order valence-electron chi connectivity index (χ2n) is 15.1. The zero-order valence-electron chi connectivity index (χ0n) is 32.7. The molecule has 0 N–H and O–H groups in total. The van der Waals surface area contributed by atoms with E-state index < -0.39 is 35.2 Å².